The van der Waals surface area contributed by atoms with Crippen molar-refractivity contribution >= 4 is 11.6 Å². The molecule has 1 aliphatic heterocycles. The fraction of sp³-hybridized carbons (Fsp3) is 0.412. The van der Waals surface area contributed by atoms with Crippen molar-refractivity contribution in [2.45, 2.75) is 38.3 Å². The van der Waals surface area contributed by atoms with Crippen LogP contribution in [0.1, 0.15) is 31.2 Å². The summed E-state index contributed by atoms with van der Waals surface area (Å²) in [5.74, 6) is 0.0512. The highest BCUT2D eigenvalue weighted by Gasteiger charge is 2.16. The molecule has 0 aliphatic carbocycles. The van der Waals surface area contributed by atoms with Gasteiger partial charge < -0.3 is 14.6 Å². The molecule has 22 heavy (non-hydrogen) atoms. The maximum atomic E-state index is 12.0. The average Bonchev–Trinajstić information content (AvgIpc) is 3.19. The van der Waals surface area contributed by atoms with E-state index < -0.39 is 0 Å². The van der Waals surface area contributed by atoms with Gasteiger partial charge in [0.05, 0.1) is 12.4 Å². The summed E-state index contributed by atoms with van der Waals surface area (Å²) in [4.78, 5) is 16.0. The number of imidazole rings is 1. The predicted octanol–water partition coefficient (Wildman–Crippen LogP) is 2.83. The van der Waals surface area contributed by atoms with Gasteiger partial charge in [-0.1, -0.05) is 12.1 Å². The van der Waals surface area contributed by atoms with Crippen molar-refractivity contribution in [1.82, 2.24) is 9.55 Å². The van der Waals surface area contributed by atoms with Crippen LogP contribution in [-0.4, -0.2) is 28.2 Å². The number of nitrogens with zero attached hydrogens (tertiary/aromatic N) is 2. The van der Waals surface area contributed by atoms with E-state index in [1.54, 1.807) is 12.5 Å². The lowest BCUT2D eigenvalue weighted by molar-refractivity contribution is -0.116. The number of rotatable bonds is 6. The van der Waals surface area contributed by atoms with Gasteiger partial charge in [0.2, 0.25) is 5.91 Å². The SMILES string of the molecule is O=C(CCC1CCCO1)Nc1cccc(Cn2ccnc2)c1. The van der Waals surface area contributed by atoms with Gasteiger partial charge >= 0.3 is 0 Å². The third-order valence-corrected chi connectivity index (χ3v) is 3.85. The first-order valence-corrected chi connectivity index (χ1v) is 7.76. The molecule has 5 heteroatoms. The molecule has 0 spiro atoms. The first kappa shape index (κ1) is 14.8. The topological polar surface area (TPSA) is 56.1 Å². The molecule has 1 fully saturated rings. The molecule has 1 atom stereocenters. The molecule has 2 heterocycles. The van der Waals surface area contributed by atoms with Crippen molar-refractivity contribution in [2.24, 2.45) is 0 Å². The molecule has 1 unspecified atom stereocenters. The molecule has 0 saturated carbocycles. The van der Waals surface area contributed by atoms with Crippen LogP contribution in [0.15, 0.2) is 43.0 Å². The third kappa shape index (κ3) is 4.18. The second-order valence-electron chi connectivity index (χ2n) is 5.66. The summed E-state index contributed by atoms with van der Waals surface area (Å²) in [5, 5.41) is 2.97. The first-order chi connectivity index (χ1) is 10.8. The van der Waals surface area contributed by atoms with Crippen LogP contribution in [-0.2, 0) is 16.1 Å². The number of nitrogens with one attached hydrogen (secondary N) is 1. The van der Waals surface area contributed by atoms with Gasteiger partial charge in [0.15, 0.2) is 0 Å². The number of benzene rings is 1. The summed E-state index contributed by atoms with van der Waals surface area (Å²) in [7, 11) is 0. The fourth-order valence-electron chi connectivity index (χ4n) is 2.73. The van der Waals surface area contributed by atoms with Crippen molar-refractivity contribution in [3.8, 4) is 0 Å². The van der Waals surface area contributed by atoms with Gasteiger partial charge in [-0.2, -0.15) is 0 Å². The normalized spacial score (nSPS) is 17.5. The number of anilines is 1. The van der Waals surface area contributed by atoms with Crippen molar-refractivity contribution in [3.05, 3.63) is 48.5 Å². The van der Waals surface area contributed by atoms with Crippen molar-refractivity contribution < 1.29 is 9.53 Å². The van der Waals surface area contributed by atoms with Crippen LogP contribution >= 0.6 is 0 Å². The Balaban J connectivity index is 1.52. The number of aromatic nitrogens is 2. The van der Waals surface area contributed by atoms with Crippen LogP contribution in [0.2, 0.25) is 0 Å². The minimum absolute atomic E-state index is 0.0512. The van der Waals surface area contributed by atoms with Gasteiger partial charge in [-0.15, -0.1) is 0 Å². The summed E-state index contributed by atoms with van der Waals surface area (Å²) in [6.07, 6.45) is 9.24. The van der Waals surface area contributed by atoms with Crippen LogP contribution in [0.25, 0.3) is 0 Å². The Bertz CT molecular complexity index is 604. The van der Waals surface area contributed by atoms with Gasteiger partial charge in [0, 0.05) is 37.7 Å². The Morgan fingerprint density at radius 1 is 1.45 bits per heavy atom. The van der Waals surface area contributed by atoms with Gasteiger partial charge in [0.25, 0.3) is 0 Å². The lowest BCUT2D eigenvalue weighted by atomic mass is 10.1. The number of ether oxygens (including phenoxy) is 1. The van der Waals surface area contributed by atoms with Crippen LogP contribution in [0.3, 0.4) is 0 Å². The highest BCUT2D eigenvalue weighted by atomic mass is 16.5. The summed E-state index contributed by atoms with van der Waals surface area (Å²) in [6.45, 7) is 1.59. The molecule has 1 amide bonds. The second-order valence-corrected chi connectivity index (χ2v) is 5.66. The third-order valence-electron chi connectivity index (χ3n) is 3.85. The van der Waals surface area contributed by atoms with Crippen LogP contribution in [0.5, 0.6) is 0 Å². The van der Waals surface area contributed by atoms with E-state index in [4.69, 9.17) is 4.74 Å². The fourth-order valence-corrected chi connectivity index (χ4v) is 2.73. The highest BCUT2D eigenvalue weighted by Crippen LogP contribution is 2.18. The molecule has 5 nitrogen and oxygen atoms in total. The molecular formula is C17H21N3O2. The molecule has 116 valence electrons. The second kappa shape index (κ2) is 7.22. The molecular weight excluding hydrogens is 278 g/mol. The van der Waals surface area contributed by atoms with Crippen LogP contribution < -0.4 is 5.32 Å². The van der Waals surface area contributed by atoms with E-state index in [1.807, 2.05) is 35.0 Å². The Labute approximate surface area is 130 Å². The zero-order valence-electron chi connectivity index (χ0n) is 12.6. The molecule has 1 N–H and O–H groups in total. The summed E-state index contributed by atoms with van der Waals surface area (Å²) < 4.78 is 7.54. The monoisotopic (exact) mass is 299 g/mol. The molecule has 0 bridgehead atoms. The zero-order chi connectivity index (χ0) is 15.2. The number of hydrogen-bond acceptors (Lipinski definition) is 3. The molecule has 1 aliphatic rings. The first-order valence-electron chi connectivity index (χ1n) is 7.76. The quantitative estimate of drug-likeness (QED) is 0.892. The standard InChI is InChI=1S/C17H21N3O2/c21-17(7-6-16-5-2-10-22-16)19-15-4-1-3-14(11-15)12-20-9-8-18-13-20/h1,3-4,8-9,11,13,16H,2,5-7,10,12H2,(H,19,21). The van der Waals surface area contributed by atoms with Gasteiger partial charge in [-0.25, -0.2) is 4.98 Å². The molecule has 1 saturated heterocycles. The molecule has 0 radical (unpaired) electrons. The maximum absolute atomic E-state index is 12.0. The van der Waals surface area contributed by atoms with Crippen molar-refractivity contribution in [3.63, 3.8) is 0 Å². The van der Waals surface area contributed by atoms with E-state index in [2.05, 4.69) is 10.3 Å². The van der Waals surface area contributed by atoms with Crippen molar-refractivity contribution in [1.29, 1.82) is 0 Å². The van der Waals surface area contributed by atoms with E-state index in [9.17, 15) is 4.79 Å². The van der Waals surface area contributed by atoms with Crippen molar-refractivity contribution in [2.75, 3.05) is 11.9 Å². The van der Waals surface area contributed by atoms with E-state index in [0.717, 1.165) is 43.7 Å². The van der Waals surface area contributed by atoms with Crippen LogP contribution in [0.4, 0.5) is 5.69 Å². The summed E-state index contributed by atoms with van der Waals surface area (Å²) in [5.41, 5.74) is 1.98. The zero-order valence-corrected chi connectivity index (χ0v) is 12.6. The number of hydrogen-bond donors (Lipinski definition) is 1. The number of amides is 1. The van der Waals surface area contributed by atoms with Gasteiger partial charge in [0.1, 0.15) is 0 Å². The molecule has 1 aromatic carbocycles. The average molecular weight is 299 g/mol. The molecule has 1 aromatic heterocycles. The van der Waals surface area contributed by atoms with E-state index in [0.29, 0.717) is 6.42 Å². The predicted molar refractivity (Wildman–Crippen MR) is 84.6 cm³/mol. The van der Waals surface area contributed by atoms with E-state index in [-0.39, 0.29) is 12.0 Å². The van der Waals surface area contributed by atoms with Crippen LogP contribution in [0, 0.1) is 0 Å². The van der Waals surface area contributed by atoms with E-state index >= 15 is 0 Å². The largest absolute Gasteiger partial charge is 0.378 e. The molecule has 3 rings (SSSR count). The lowest BCUT2D eigenvalue weighted by Gasteiger charge is -2.10. The number of carbonyl (C=O) groups excluding carboxylic acids is 1. The summed E-state index contributed by atoms with van der Waals surface area (Å²) >= 11 is 0. The molecule has 2 aromatic rings. The Kier molecular flexibility index (Phi) is 4.85. The minimum Gasteiger partial charge on any atom is -0.378 e. The van der Waals surface area contributed by atoms with Gasteiger partial charge in [-0.3, -0.25) is 4.79 Å². The Morgan fingerprint density at radius 3 is 3.18 bits per heavy atom. The number of carbonyl (C=O) groups is 1. The Hall–Kier alpha value is -2.14. The Morgan fingerprint density at radius 2 is 2.41 bits per heavy atom. The highest BCUT2D eigenvalue weighted by molar-refractivity contribution is 5.90. The summed E-state index contributed by atoms with van der Waals surface area (Å²) in [6, 6.07) is 7.93. The minimum atomic E-state index is 0.0512. The van der Waals surface area contributed by atoms with Gasteiger partial charge in [-0.05, 0) is 37.0 Å². The van der Waals surface area contributed by atoms with E-state index in [1.165, 1.54) is 0 Å². The maximum Gasteiger partial charge on any atom is 0.224 e. The smallest absolute Gasteiger partial charge is 0.224 e. The lowest BCUT2D eigenvalue weighted by Crippen LogP contribution is -2.15.